The quantitative estimate of drug-likeness (QED) is 0.659. The Balaban J connectivity index is 3.11. The number of anilines is 1. The SMILES string of the molecule is CNC(=O)C(C)Nc1cc(Cl)c(Cl)cc1[N+](=O)[O-]. The van der Waals surface area contributed by atoms with Crippen LogP contribution in [0.5, 0.6) is 0 Å². The summed E-state index contributed by atoms with van der Waals surface area (Å²) in [7, 11) is 1.48. The van der Waals surface area contributed by atoms with Crippen molar-refractivity contribution in [2.75, 3.05) is 12.4 Å². The zero-order chi connectivity index (χ0) is 13.9. The molecular weight excluding hydrogens is 281 g/mol. The minimum Gasteiger partial charge on any atom is -0.368 e. The first-order valence-electron chi connectivity index (χ1n) is 4.98. The number of carbonyl (C=O) groups excluding carboxylic acids is 1. The number of nitro groups is 1. The molecule has 0 saturated carbocycles. The predicted molar refractivity (Wildman–Crippen MR) is 70.3 cm³/mol. The van der Waals surface area contributed by atoms with Crippen LogP contribution in [0.1, 0.15) is 6.92 Å². The second-order valence-electron chi connectivity index (χ2n) is 3.52. The van der Waals surface area contributed by atoms with E-state index in [0.29, 0.717) is 0 Å². The number of carbonyl (C=O) groups is 1. The van der Waals surface area contributed by atoms with Gasteiger partial charge in [0.25, 0.3) is 5.69 Å². The van der Waals surface area contributed by atoms with Gasteiger partial charge in [0.1, 0.15) is 11.7 Å². The van der Waals surface area contributed by atoms with Crippen LogP contribution in [0.4, 0.5) is 11.4 Å². The average molecular weight is 292 g/mol. The maximum Gasteiger partial charge on any atom is 0.293 e. The topological polar surface area (TPSA) is 84.3 Å². The van der Waals surface area contributed by atoms with Crippen LogP contribution >= 0.6 is 23.2 Å². The normalized spacial score (nSPS) is 11.8. The summed E-state index contributed by atoms with van der Waals surface area (Å²) in [6.45, 7) is 1.57. The lowest BCUT2D eigenvalue weighted by atomic mass is 10.2. The van der Waals surface area contributed by atoms with Gasteiger partial charge in [0, 0.05) is 13.1 Å². The highest BCUT2D eigenvalue weighted by atomic mass is 35.5. The van der Waals surface area contributed by atoms with Crippen LogP contribution < -0.4 is 10.6 Å². The van der Waals surface area contributed by atoms with Gasteiger partial charge in [0.05, 0.1) is 15.0 Å². The molecule has 1 unspecified atom stereocenters. The number of nitrogens with zero attached hydrogens (tertiary/aromatic N) is 1. The van der Waals surface area contributed by atoms with Gasteiger partial charge in [0.2, 0.25) is 5.91 Å². The molecule has 6 nitrogen and oxygen atoms in total. The Labute approximate surface area is 113 Å². The molecule has 0 aliphatic carbocycles. The van der Waals surface area contributed by atoms with Crippen molar-refractivity contribution in [1.82, 2.24) is 5.32 Å². The maximum atomic E-state index is 11.3. The van der Waals surface area contributed by atoms with Crippen molar-refractivity contribution in [1.29, 1.82) is 0 Å². The van der Waals surface area contributed by atoms with E-state index in [-0.39, 0.29) is 27.3 Å². The molecule has 2 N–H and O–H groups in total. The third-order valence-electron chi connectivity index (χ3n) is 2.25. The van der Waals surface area contributed by atoms with Crippen LogP contribution in [0.15, 0.2) is 12.1 Å². The van der Waals surface area contributed by atoms with Gasteiger partial charge < -0.3 is 10.6 Å². The second kappa shape index (κ2) is 5.88. The molecule has 1 aromatic carbocycles. The van der Waals surface area contributed by atoms with Crippen molar-refractivity contribution >= 4 is 40.5 Å². The Morgan fingerprint density at radius 2 is 1.94 bits per heavy atom. The van der Waals surface area contributed by atoms with E-state index in [1.807, 2.05) is 0 Å². The first-order chi connectivity index (χ1) is 8.36. The number of benzene rings is 1. The van der Waals surface area contributed by atoms with Crippen molar-refractivity contribution in [3.8, 4) is 0 Å². The van der Waals surface area contributed by atoms with Crippen molar-refractivity contribution in [2.45, 2.75) is 13.0 Å². The summed E-state index contributed by atoms with van der Waals surface area (Å²) in [5.74, 6) is -0.296. The van der Waals surface area contributed by atoms with Crippen LogP contribution in [-0.4, -0.2) is 23.9 Å². The van der Waals surface area contributed by atoms with Crippen LogP contribution in [0, 0.1) is 10.1 Å². The molecule has 0 spiro atoms. The van der Waals surface area contributed by atoms with Gasteiger partial charge in [0.15, 0.2) is 0 Å². The number of amides is 1. The van der Waals surface area contributed by atoms with Crippen molar-refractivity contribution in [2.24, 2.45) is 0 Å². The molecular formula is C10H11Cl2N3O3. The summed E-state index contributed by atoms with van der Waals surface area (Å²) in [6.07, 6.45) is 0. The molecule has 98 valence electrons. The molecule has 0 aliphatic rings. The van der Waals surface area contributed by atoms with Gasteiger partial charge in [-0.3, -0.25) is 14.9 Å². The maximum absolute atomic E-state index is 11.3. The van der Waals surface area contributed by atoms with Gasteiger partial charge in [-0.15, -0.1) is 0 Å². The van der Waals surface area contributed by atoms with Crippen molar-refractivity contribution in [3.63, 3.8) is 0 Å². The van der Waals surface area contributed by atoms with Gasteiger partial charge in [-0.2, -0.15) is 0 Å². The molecule has 0 saturated heterocycles. The monoisotopic (exact) mass is 291 g/mol. The molecule has 1 atom stereocenters. The van der Waals surface area contributed by atoms with Crippen LogP contribution in [0.3, 0.4) is 0 Å². The highest BCUT2D eigenvalue weighted by Crippen LogP contribution is 2.34. The number of rotatable bonds is 4. The standard InChI is InChI=1S/C10H11Cl2N3O3/c1-5(10(16)13-2)14-8-3-6(11)7(12)4-9(8)15(17)18/h3-5,14H,1-2H3,(H,13,16). The Bertz CT molecular complexity index is 494. The fourth-order valence-corrected chi connectivity index (χ4v) is 1.64. The Morgan fingerprint density at radius 3 is 2.44 bits per heavy atom. The zero-order valence-corrected chi connectivity index (χ0v) is 11.2. The van der Waals surface area contributed by atoms with E-state index in [2.05, 4.69) is 10.6 Å². The second-order valence-corrected chi connectivity index (χ2v) is 4.34. The molecule has 0 aliphatic heterocycles. The van der Waals surface area contributed by atoms with Gasteiger partial charge in [-0.25, -0.2) is 0 Å². The summed E-state index contributed by atoms with van der Waals surface area (Å²) >= 11 is 11.5. The highest BCUT2D eigenvalue weighted by Gasteiger charge is 2.20. The molecule has 0 heterocycles. The third kappa shape index (κ3) is 3.24. The fourth-order valence-electron chi connectivity index (χ4n) is 1.32. The van der Waals surface area contributed by atoms with Gasteiger partial charge in [-0.05, 0) is 13.0 Å². The van der Waals surface area contributed by atoms with Gasteiger partial charge in [-0.1, -0.05) is 23.2 Å². The molecule has 1 rings (SSSR count). The van der Waals surface area contributed by atoms with Crippen molar-refractivity contribution in [3.05, 3.63) is 32.3 Å². The van der Waals surface area contributed by atoms with E-state index >= 15 is 0 Å². The molecule has 18 heavy (non-hydrogen) atoms. The molecule has 0 aromatic heterocycles. The van der Waals surface area contributed by atoms with Crippen LogP contribution in [0.2, 0.25) is 10.0 Å². The minimum absolute atomic E-state index is 0.0847. The fraction of sp³-hybridized carbons (Fsp3) is 0.300. The summed E-state index contributed by atoms with van der Waals surface area (Å²) in [5, 5.41) is 16.3. The lowest BCUT2D eigenvalue weighted by molar-refractivity contribution is -0.384. The molecule has 8 heteroatoms. The smallest absolute Gasteiger partial charge is 0.293 e. The Kier molecular flexibility index (Phi) is 4.75. The molecule has 1 aromatic rings. The highest BCUT2D eigenvalue weighted by molar-refractivity contribution is 6.42. The van der Waals surface area contributed by atoms with E-state index in [0.717, 1.165) is 6.07 Å². The Morgan fingerprint density at radius 1 is 1.39 bits per heavy atom. The Hall–Kier alpha value is -1.53. The zero-order valence-electron chi connectivity index (χ0n) is 9.66. The number of nitro benzene ring substituents is 1. The first-order valence-corrected chi connectivity index (χ1v) is 5.74. The van der Waals surface area contributed by atoms with E-state index in [1.54, 1.807) is 6.92 Å². The van der Waals surface area contributed by atoms with Crippen molar-refractivity contribution < 1.29 is 9.72 Å². The molecule has 0 fully saturated rings. The summed E-state index contributed by atoms with van der Waals surface area (Å²) in [4.78, 5) is 21.6. The van der Waals surface area contributed by atoms with Gasteiger partial charge >= 0.3 is 0 Å². The number of halogens is 2. The van der Waals surface area contributed by atoms with E-state index in [9.17, 15) is 14.9 Å². The number of likely N-dealkylation sites (N-methyl/N-ethyl adjacent to an activating group) is 1. The minimum atomic E-state index is -0.633. The lowest BCUT2D eigenvalue weighted by Gasteiger charge is -2.14. The van der Waals surface area contributed by atoms with E-state index < -0.39 is 11.0 Å². The van der Waals surface area contributed by atoms with Crippen LogP contribution in [0.25, 0.3) is 0 Å². The summed E-state index contributed by atoms with van der Waals surface area (Å²) in [6, 6.07) is 1.83. The summed E-state index contributed by atoms with van der Waals surface area (Å²) < 4.78 is 0. The number of hydrogen-bond donors (Lipinski definition) is 2. The van der Waals surface area contributed by atoms with E-state index in [4.69, 9.17) is 23.2 Å². The first kappa shape index (κ1) is 14.5. The number of hydrogen-bond acceptors (Lipinski definition) is 4. The lowest BCUT2D eigenvalue weighted by Crippen LogP contribution is -2.35. The van der Waals surface area contributed by atoms with E-state index in [1.165, 1.54) is 13.1 Å². The summed E-state index contributed by atoms with van der Waals surface area (Å²) in [5.41, 5.74) is -0.0920. The largest absolute Gasteiger partial charge is 0.368 e. The number of nitrogens with one attached hydrogen (secondary N) is 2. The molecule has 1 amide bonds. The average Bonchev–Trinajstić information content (AvgIpc) is 2.31. The molecule has 0 bridgehead atoms. The predicted octanol–water partition coefficient (Wildman–Crippen LogP) is 2.45. The molecule has 0 radical (unpaired) electrons. The third-order valence-corrected chi connectivity index (χ3v) is 2.97. The van der Waals surface area contributed by atoms with Crippen LogP contribution in [-0.2, 0) is 4.79 Å².